The predicted octanol–water partition coefficient (Wildman–Crippen LogP) is 3.59. The second-order valence-corrected chi connectivity index (χ2v) is 6.29. The van der Waals surface area contributed by atoms with Gasteiger partial charge < -0.3 is 9.52 Å². The summed E-state index contributed by atoms with van der Waals surface area (Å²) in [5.74, 6) is 1.72. The van der Waals surface area contributed by atoms with Gasteiger partial charge in [-0.25, -0.2) is 4.39 Å². The fourth-order valence-corrected chi connectivity index (χ4v) is 3.25. The molecule has 3 aromatic rings. The summed E-state index contributed by atoms with van der Waals surface area (Å²) >= 11 is 1.54. The van der Waals surface area contributed by atoms with Crippen molar-refractivity contribution >= 4 is 11.8 Å². The second kappa shape index (κ2) is 8.12. The van der Waals surface area contributed by atoms with Gasteiger partial charge in [-0.2, -0.15) is 0 Å². The molecule has 2 heterocycles. The number of aliphatic hydroxyl groups is 1. The van der Waals surface area contributed by atoms with Crippen molar-refractivity contribution in [3.63, 3.8) is 0 Å². The normalized spacial score (nSPS) is 11.1. The van der Waals surface area contributed by atoms with Gasteiger partial charge in [0.05, 0.1) is 18.4 Å². The minimum Gasteiger partial charge on any atom is -0.467 e. The monoisotopic (exact) mass is 347 g/mol. The number of aliphatic hydroxyl groups excluding tert-OH is 1. The fraction of sp³-hybridized carbons (Fsp3) is 0.294. The minimum absolute atomic E-state index is 0.181. The first kappa shape index (κ1) is 16.7. The van der Waals surface area contributed by atoms with Crippen molar-refractivity contribution in [2.45, 2.75) is 24.5 Å². The lowest BCUT2D eigenvalue weighted by Gasteiger charge is -2.09. The standard InChI is InChI=1S/C17H18FN3O2S/c18-15-8-2-1-7-14(15)16-19-20-17(24-11-4-3-9-22)21(16)12-13-6-5-10-23-13/h1-2,5-8,10,22H,3-4,9,11-12H2. The lowest BCUT2D eigenvalue weighted by molar-refractivity contribution is 0.287. The molecule has 1 aromatic carbocycles. The van der Waals surface area contributed by atoms with E-state index in [-0.39, 0.29) is 12.4 Å². The third-order valence-corrected chi connectivity index (χ3v) is 4.56. The van der Waals surface area contributed by atoms with Crippen LogP contribution in [0.1, 0.15) is 18.6 Å². The predicted molar refractivity (Wildman–Crippen MR) is 90.3 cm³/mol. The maximum Gasteiger partial charge on any atom is 0.191 e. The molecule has 24 heavy (non-hydrogen) atoms. The quantitative estimate of drug-likeness (QED) is 0.498. The third-order valence-electron chi connectivity index (χ3n) is 3.51. The molecule has 2 aromatic heterocycles. The molecule has 5 nitrogen and oxygen atoms in total. The number of nitrogens with zero attached hydrogens (tertiary/aromatic N) is 3. The summed E-state index contributed by atoms with van der Waals surface area (Å²) in [6.07, 6.45) is 3.24. The van der Waals surface area contributed by atoms with Gasteiger partial charge in [-0.15, -0.1) is 10.2 Å². The summed E-state index contributed by atoms with van der Waals surface area (Å²) in [4.78, 5) is 0. The molecule has 1 N–H and O–H groups in total. The van der Waals surface area contributed by atoms with Gasteiger partial charge in [-0.1, -0.05) is 23.9 Å². The summed E-state index contributed by atoms with van der Waals surface area (Å²) in [5.41, 5.74) is 0.416. The molecule has 0 saturated carbocycles. The molecule has 0 radical (unpaired) electrons. The summed E-state index contributed by atoms with van der Waals surface area (Å²) in [6.45, 7) is 0.617. The molecular formula is C17H18FN3O2S. The molecule has 0 fully saturated rings. The molecule has 0 saturated heterocycles. The number of hydrogen-bond acceptors (Lipinski definition) is 5. The van der Waals surface area contributed by atoms with Crippen molar-refractivity contribution in [2.75, 3.05) is 12.4 Å². The number of thioether (sulfide) groups is 1. The van der Waals surface area contributed by atoms with Crippen LogP contribution in [0.15, 0.2) is 52.2 Å². The maximum absolute atomic E-state index is 14.2. The lowest BCUT2D eigenvalue weighted by Crippen LogP contribution is -2.04. The van der Waals surface area contributed by atoms with Crippen LogP contribution in [0.4, 0.5) is 4.39 Å². The highest BCUT2D eigenvalue weighted by Crippen LogP contribution is 2.27. The summed E-state index contributed by atoms with van der Waals surface area (Å²) in [6, 6.07) is 10.2. The first-order valence-electron chi connectivity index (χ1n) is 7.73. The first-order chi connectivity index (χ1) is 11.8. The number of rotatable bonds is 8. The van der Waals surface area contributed by atoms with E-state index in [2.05, 4.69) is 10.2 Å². The van der Waals surface area contributed by atoms with Crippen molar-refractivity contribution in [3.8, 4) is 11.4 Å². The van der Waals surface area contributed by atoms with Crippen LogP contribution in [0.2, 0.25) is 0 Å². The van der Waals surface area contributed by atoms with Crippen LogP contribution < -0.4 is 0 Å². The van der Waals surface area contributed by atoms with Crippen LogP contribution in [0.25, 0.3) is 11.4 Å². The lowest BCUT2D eigenvalue weighted by atomic mass is 10.2. The van der Waals surface area contributed by atoms with E-state index < -0.39 is 0 Å². The Hall–Kier alpha value is -2.12. The van der Waals surface area contributed by atoms with Crippen molar-refractivity contribution in [2.24, 2.45) is 0 Å². The summed E-state index contributed by atoms with van der Waals surface area (Å²) in [5, 5.41) is 18.0. The number of benzene rings is 1. The van der Waals surface area contributed by atoms with Crippen molar-refractivity contribution in [1.82, 2.24) is 14.8 Å². The molecule has 0 atom stereocenters. The highest BCUT2D eigenvalue weighted by molar-refractivity contribution is 7.99. The average molecular weight is 347 g/mol. The van der Waals surface area contributed by atoms with E-state index in [4.69, 9.17) is 9.52 Å². The SMILES string of the molecule is OCCCCSc1nnc(-c2ccccc2F)n1Cc1ccco1. The van der Waals surface area contributed by atoms with Crippen LogP contribution in [0.3, 0.4) is 0 Å². The third kappa shape index (κ3) is 3.85. The molecule has 7 heteroatoms. The second-order valence-electron chi connectivity index (χ2n) is 5.23. The van der Waals surface area contributed by atoms with Gasteiger partial charge in [0.1, 0.15) is 11.6 Å². The minimum atomic E-state index is -0.331. The molecule has 0 amide bonds. The number of hydrogen-bond donors (Lipinski definition) is 1. The molecule has 126 valence electrons. The molecule has 0 aliphatic rings. The molecule has 0 unspecified atom stereocenters. The molecular weight excluding hydrogens is 329 g/mol. The van der Waals surface area contributed by atoms with E-state index >= 15 is 0 Å². The fourth-order valence-electron chi connectivity index (χ4n) is 2.32. The van der Waals surface area contributed by atoms with Gasteiger partial charge in [-0.05, 0) is 37.1 Å². The van der Waals surface area contributed by atoms with Crippen LogP contribution in [0, 0.1) is 5.82 Å². The van der Waals surface area contributed by atoms with Gasteiger partial charge in [0.25, 0.3) is 0 Å². The maximum atomic E-state index is 14.2. The Morgan fingerprint density at radius 3 is 2.75 bits per heavy atom. The molecule has 0 bridgehead atoms. The molecule has 0 aliphatic carbocycles. The largest absolute Gasteiger partial charge is 0.467 e. The van der Waals surface area contributed by atoms with Gasteiger partial charge in [0.15, 0.2) is 11.0 Å². The Balaban J connectivity index is 1.90. The number of aromatic nitrogens is 3. The van der Waals surface area contributed by atoms with Gasteiger partial charge >= 0.3 is 0 Å². The molecule has 0 aliphatic heterocycles. The number of unbranched alkanes of at least 4 members (excludes halogenated alkanes) is 1. The summed E-state index contributed by atoms with van der Waals surface area (Å²) in [7, 11) is 0. The Bertz CT molecular complexity index is 774. The zero-order valence-electron chi connectivity index (χ0n) is 13.1. The van der Waals surface area contributed by atoms with Gasteiger partial charge in [0.2, 0.25) is 0 Å². The van der Waals surface area contributed by atoms with Crippen LogP contribution >= 0.6 is 11.8 Å². The van der Waals surface area contributed by atoms with Gasteiger partial charge in [0, 0.05) is 12.4 Å². The molecule has 3 rings (SSSR count). The topological polar surface area (TPSA) is 64.1 Å². The highest BCUT2D eigenvalue weighted by Gasteiger charge is 2.18. The van der Waals surface area contributed by atoms with Crippen molar-refractivity contribution in [1.29, 1.82) is 0 Å². The van der Waals surface area contributed by atoms with E-state index in [9.17, 15) is 4.39 Å². The first-order valence-corrected chi connectivity index (χ1v) is 8.72. The summed E-state index contributed by atoms with van der Waals surface area (Å²) < 4.78 is 21.4. The smallest absolute Gasteiger partial charge is 0.191 e. The Kier molecular flexibility index (Phi) is 5.66. The van der Waals surface area contributed by atoms with Gasteiger partial charge in [-0.3, -0.25) is 4.57 Å². The number of halogens is 1. The van der Waals surface area contributed by atoms with Crippen molar-refractivity contribution in [3.05, 3.63) is 54.2 Å². The Morgan fingerprint density at radius 2 is 2.00 bits per heavy atom. The van der Waals surface area contributed by atoms with E-state index in [1.807, 2.05) is 16.7 Å². The van der Waals surface area contributed by atoms with E-state index in [0.29, 0.717) is 23.1 Å². The van der Waals surface area contributed by atoms with E-state index in [1.165, 1.54) is 6.07 Å². The van der Waals surface area contributed by atoms with E-state index in [0.717, 1.165) is 24.4 Å². The average Bonchev–Trinajstić information content (AvgIpc) is 3.23. The Morgan fingerprint density at radius 1 is 1.12 bits per heavy atom. The number of furan rings is 1. The Labute approximate surface area is 143 Å². The van der Waals surface area contributed by atoms with Crippen LogP contribution in [-0.2, 0) is 6.54 Å². The zero-order chi connectivity index (χ0) is 16.8. The van der Waals surface area contributed by atoms with Crippen molar-refractivity contribution < 1.29 is 13.9 Å². The van der Waals surface area contributed by atoms with Crippen LogP contribution in [-0.4, -0.2) is 32.2 Å². The van der Waals surface area contributed by atoms with Crippen LogP contribution in [0.5, 0.6) is 0 Å². The highest BCUT2D eigenvalue weighted by atomic mass is 32.2. The molecule has 0 spiro atoms. The zero-order valence-corrected chi connectivity index (χ0v) is 13.9. The van der Waals surface area contributed by atoms with E-state index in [1.54, 1.807) is 36.2 Å².